The molecule has 3 rings (SSSR count). The fourth-order valence-corrected chi connectivity index (χ4v) is 3.01. The van der Waals surface area contributed by atoms with Gasteiger partial charge in [0.05, 0.1) is 5.69 Å². The number of aldehydes is 1. The van der Waals surface area contributed by atoms with E-state index in [0.29, 0.717) is 11.4 Å². The molecule has 0 radical (unpaired) electrons. The van der Waals surface area contributed by atoms with Crippen molar-refractivity contribution in [2.75, 3.05) is 0 Å². The van der Waals surface area contributed by atoms with E-state index < -0.39 is 0 Å². The third-order valence-corrected chi connectivity index (χ3v) is 4.45. The maximum Gasteiger partial charge on any atom is 0.212 e. The normalized spacial score (nSPS) is 10.8. The summed E-state index contributed by atoms with van der Waals surface area (Å²) in [6, 6.07) is 7.86. The van der Waals surface area contributed by atoms with Gasteiger partial charge in [0, 0.05) is 10.4 Å². The highest BCUT2D eigenvalue weighted by Gasteiger charge is 2.19. The Kier molecular flexibility index (Phi) is 3.39. The summed E-state index contributed by atoms with van der Waals surface area (Å²) in [4.78, 5) is 16.9. The van der Waals surface area contributed by atoms with E-state index in [1.807, 2.05) is 45.0 Å². The van der Waals surface area contributed by atoms with Crippen molar-refractivity contribution in [2.24, 2.45) is 0 Å². The Balaban J connectivity index is 2.26. The predicted molar refractivity (Wildman–Crippen MR) is 82.1 cm³/mol. The van der Waals surface area contributed by atoms with Crippen LogP contribution in [0.25, 0.3) is 16.4 Å². The summed E-state index contributed by atoms with van der Waals surface area (Å²) in [5, 5.41) is 8.82. The highest BCUT2D eigenvalue weighted by molar-refractivity contribution is 7.14. The second kappa shape index (κ2) is 5.21. The van der Waals surface area contributed by atoms with Crippen molar-refractivity contribution in [2.45, 2.75) is 20.8 Å². The molecule has 0 amide bonds. The first-order valence-electron chi connectivity index (χ1n) is 6.53. The molecule has 3 aromatic rings. The third kappa shape index (κ3) is 2.27. The fraction of sp³-hybridized carbons (Fsp3) is 0.200. The van der Waals surface area contributed by atoms with Crippen LogP contribution in [0.15, 0.2) is 24.3 Å². The summed E-state index contributed by atoms with van der Waals surface area (Å²) in [6.45, 7) is 5.97. The molecule has 0 fully saturated rings. The SMILES string of the molecule is Cc1ccccc1-c1c(C=O)nnn1-c1nc(C)c(C)s1. The summed E-state index contributed by atoms with van der Waals surface area (Å²) in [7, 11) is 0. The van der Waals surface area contributed by atoms with Crippen LogP contribution in [0.5, 0.6) is 0 Å². The molecular weight excluding hydrogens is 284 g/mol. The zero-order chi connectivity index (χ0) is 15.0. The van der Waals surface area contributed by atoms with Gasteiger partial charge in [-0.3, -0.25) is 4.79 Å². The van der Waals surface area contributed by atoms with E-state index in [4.69, 9.17) is 0 Å². The number of hydrogen-bond acceptors (Lipinski definition) is 5. The van der Waals surface area contributed by atoms with Gasteiger partial charge in [-0.25, -0.2) is 4.98 Å². The number of aryl methyl sites for hydroxylation is 3. The Morgan fingerprint density at radius 2 is 1.95 bits per heavy atom. The number of thiazole rings is 1. The lowest BCUT2D eigenvalue weighted by Gasteiger charge is -2.06. The molecule has 0 aliphatic heterocycles. The molecule has 0 unspecified atom stereocenters. The first-order valence-corrected chi connectivity index (χ1v) is 7.34. The van der Waals surface area contributed by atoms with E-state index in [2.05, 4.69) is 15.3 Å². The molecule has 0 bridgehead atoms. The van der Waals surface area contributed by atoms with Gasteiger partial charge in [0.2, 0.25) is 5.13 Å². The Morgan fingerprint density at radius 3 is 2.57 bits per heavy atom. The number of rotatable bonds is 3. The summed E-state index contributed by atoms with van der Waals surface area (Å²) < 4.78 is 1.65. The van der Waals surface area contributed by atoms with Crippen molar-refractivity contribution >= 4 is 17.6 Å². The molecule has 2 aromatic heterocycles. The lowest BCUT2D eigenvalue weighted by Crippen LogP contribution is -2.00. The van der Waals surface area contributed by atoms with Crippen LogP contribution in [-0.2, 0) is 0 Å². The van der Waals surface area contributed by atoms with E-state index in [-0.39, 0.29) is 0 Å². The molecule has 0 spiro atoms. The van der Waals surface area contributed by atoms with Crippen LogP contribution in [0, 0.1) is 20.8 Å². The zero-order valence-electron chi connectivity index (χ0n) is 12.0. The van der Waals surface area contributed by atoms with Gasteiger partial charge in [-0.15, -0.1) is 5.10 Å². The zero-order valence-corrected chi connectivity index (χ0v) is 12.8. The van der Waals surface area contributed by atoms with Gasteiger partial charge in [0.1, 0.15) is 5.69 Å². The Labute approximate surface area is 126 Å². The molecule has 5 nitrogen and oxygen atoms in total. The van der Waals surface area contributed by atoms with E-state index in [1.165, 1.54) is 11.3 Å². The molecule has 6 heteroatoms. The average Bonchev–Trinajstić information content (AvgIpc) is 3.03. The van der Waals surface area contributed by atoms with E-state index >= 15 is 0 Å². The van der Waals surface area contributed by atoms with Crippen LogP contribution in [0.2, 0.25) is 0 Å². The van der Waals surface area contributed by atoms with Gasteiger partial charge in [0.15, 0.2) is 12.0 Å². The molecule has 1 aromatic carbocycles. The Hall–Kier alpha value is -2.34. The quantitative estimate of drug-likeness (QED) is 0.697. The van der Waals surface area contributed by atoms with E-state index in [1.54, 1.807) is 4.68 Å². The van der Waals surface area contributed by atoms with Crippen LogP contribution in [-0.4, -0.2) is 26.3 Å². The summed E-state index contributed by atoms with van der Waals surface area (Å²) >= 11 is 1.54. The van der Waals surface area contributed by atoms with E-state index in [0.717, 1.165) is 33.1 Å². The van der Waals surface area contributed by atoms with Crippen molar-refractivity contribution in [3.63, 3.8) is 0 Å². The number of aromatic nitrogens is 4. The molecule has 0 saturated carbocycles. The maximum atomic E-state index is 11.3. The van der Waals surface area contributed by atoms with Gasteiger partial charge in [0.25, 0.3) is 0 Å². The standard InChI is InChI=1S/C15H14N4OS/c1-9-6-4-5-7-12(9)14-13(8-20)17-18-19(14)15-16-10(2)11(3)21-15/h4-8H,1-3H3. The molecule has 2 heterocycles. The Bertz CT molecular complexity index is 799. The van der Waals surface area contributed by atoms with Crippen molar-refractivity contribution < 1.29 is 4.79 Å². The van der Waals surface area contributed by atoms with Crippen molar-refractivity contribution in [3.05, 3.63) is 46.1 Å². The minimum atomic E-state index is 0.329. The lowest BCUT2D eigenvalue weighted by molar-refractivity contribution is 0.111. The second-order valence-corrected chi connectivity index (χ2v) is 5.99. The molecule has 0 N–H and O–H groups in total. The maximum absolute atomic E-state index is 11.3. The first kappa shape index (κ1) is 13.6. The Morgan fingerprint density at radius 1 is 1.19 bits per heavy atom. The largest absolute Gasteiger partial charge is 0.296 e. The second-order valence-electron chi connectivity index (χ2n) is 4.81. The van der Waals surface area contributed by atoms with Gasteiger partial charge in [-0.2, -0.15) is 4.68 Å². The van der Waals surface area contributed by atoms with Gasteiger partial charge in [-0.1, -0.05) is 40.8 Å². The molecule has 0 aliphatic carbocycles. The summed E-state index contributed by atoms with van der Waals surface area (Å²) in [5.74, 6) is 0. The molecule has 21 heavy (non-hydrogen) atoms. The smallest absolute Gasteiger partial charge is 0.212 e. The van der Waals surface area contributed by atoms with Crippen LogP contribution in [0.3, 0.4) is 0 Å². The average molecular weight is 298 g/mol. The van der Waals surface area contributed by atoms with Crippen molar-refractivity contribution in [1.29, 1.82) is 0 Å². The van der Waals surface area contributed by atoms with Crippen LogP contribution in [0.1, 0.15) is 26.6 Å². The molecule has 0 saturated heterocycles. The lowest BCUT2D eigenvalue weighted by atomic mass is 10.0. The first-order chi connectivity index (χ1) is 10.1. The predicted octanol–water partition coefficient (Wildman–Crippen LogP) is 3.13. The van der Waals surface area contributed by atoms with Gasteiger partial charge >= 0.3 is 0 Å². The van der Waals surface area contributed by atoms with Crippen LogP contribution < -0.4 is 0 Å². The highest BCUT2D eigenvalue weighted by atomic mass is 32.1. The highest BCUT2D eigenvalue weighted by Crippen LogP contribution is 2.29. The van der Waals surface area contributed by atoms with Crippen molar-refractivity contribution in [1.82, 2.24) is 20.0 Å². The van der Waals surface area contributed by atoms with Crippen molar-refractivity contribution in [3.8, 4) is 16.4 Å². The molecule has 0 aliphatic rings. The fourth-order valence-electron chi connectivity index (χ4n) is 2.14. The number of hydrogen-bond donors (Lipinski definition) is 0. The number of carbonyl (C=O) groups is 1. The van der Waals surface area contributed by atoms with Gasteiger partial charge < -0.3 is 0 Å². The van der Waals surface area contributed by atoms with Crippen LogP contribution in [0.4, 0.5) is 0 Å². The number of benzene rings is 1. The molecular formula is C15H14N4OS. The van der Waals surface area contributed by atoms with Crippen LogP contribution >= 0.6 is 11.3 Å². The molecule has 0 atom stereocenters. The van der Waals surface area contributed by atoms with E-state index in [9.17, 15) is 4.79 Å². The number of carbonyl (C=O) groups excluding carboxylic acids is 1. The topological polar surface area (TPSA) is 60.7 Å². The molecule has 106 valence electrons. The minimum absolute atomic E-state index is 0.329. The minimum Gasteiger partial charge on any atom is -0.296 e. The number of nitrogens with zero attached hydrogens (tertiary/aromatic N) is 4. The third-order valence-electron chi connectivity index (χ3n) is 3.41. The summed E-state index contributed by atoms with van der Waals surface area (Å²) in [5.41, 5.74) is 3.99. The van der Waals surface area contributed by atoms with Gasteiger partial charge in [-0.05, 0) is 26.3 Å². The monoisotopic (exact) mass is 298 g/mol. The summed E-state index contributed by atoms with van der Waals surface area (Å²) in [6.07, 6.45) is 0.735.